The van der Waals surface area contributed by atoms with Crippen LogP contribution < -0.4 is 0 Å². The molecule has 0 amide bonds. The van der Waals surface area contributed by atoms with Gasteiger partial charge in [0.05, 0.1) is 17.9 Å². The maximum atomic E-state index is 13.9. The Labute approximate surface area is 167 Å². The Morgan fingerprint density at radius 2 is 1.83 bits per heavy atom. The molecule has 0 aliphatic carbocycles. The molecule has 0 spiro atoms. The van der Waals surface area contributed by atoms with Crippen molar-refractivity contribution in [1.82, 2.24) is 0 Å². The van der Waals surface area contributed by atoms with E-state index >= 15 is 0 Å². The van der Waals surface area contributed by atoms with Crippen molar-refractivity contribution < 1.29 is 32.2 Å². The number of halogens is 4. The second-order valence-corrected chi connectivity index (χ2v) is 7.32. The molecule has 1 unspecified atom stereocenters. The van der Waals surface area contributed by atoms with Crippen molar-refractivity contribution in [3.63, 3.8) is 0 Å². The van der Waals surface area contributed by atoms with Gasteiger partial charge in [0, 0.05) is 0 Å². The molecule has 0 bridgehead atoms. The molecule has 1 aliphatic rings. The van der Waals surface area contributed by atoms with E-state index in [4.69, 9.17) is 0 Å². The van der Waals surface area contributed by atoms with Crippen LogP contribution in [0.2, 0.25) is 0 Å². The van der Waals surface area contributed by atoms with Crippen molar-refractivity contribution in [2.75, 3.05) is 7.11 Å². The van der Waals surface area contributed by atoms with E-state index in [1.807, 2.05) is 0 Å². The Hall–Kier alpha value is -2.81. The van der Waals surface area contributed by atoms with Crippen LogP contribution in [-0.2, 0) is 22.1 Å². The van der Waals surface area contributed by atoms with Crippen molar-refractivity contribution in [2.24, 2.45) is 4.99 Å². The number of alkyl halides is 3. The number of rotatable bonds is 4. The molecule has 29 heavy (non-hydrogen) atoms. The molecule has 4 nitrogen and oxygen atoms in total. The van der Waals surface area contributed by atoms with Crippen LogP contribution in [0.15, 0.2) is 64.9 Å². The van der Waals surface area contributed by atoms with Gasteiger partial charge in [-0.3, -0.25) is 0 Å². The molecule has 0 saturated heterocycles. The van der Waals surface area contributed by atoms with Gasteiger partial charge >= 0.3 is 12.1 Å². The number of esters is 1. The fourth-order valence-corrected chi connectivity index (χ4v) is 3.96. The van der Waals surface area contributed by atoms with Gasteiger partial charge in [-0.25, -0.2) is 14.2 Å². The number of carbonyl (C=O) groups excluding carboxylic acids is 1. The van der Waals surface area contributed by atoms with Gasteiger partial charge in [0.25, 0.3) is 0 Å². The first-order valence-corrected chi connectivity index (χ1v) is 9.26. The number of nitrogens with zero attached hydrogens (tertiary/aromatic N) is 1. The van der Waals surface area contributed by atoms with Crippen LogP contribution in [0, 0.1) is 5.82 Å². The number of aliphatic hydroxyl groups excluding tert-OH is 1. The Kier molecular flexibility index (Phi) is 5.97. The maximum absolute atomic E-state index is 13.9. The van der Waals surface area contributed by atoms with E-state index in [0.717, 1.165) is 31.0 Å². The highest BCUT2D eigenvalue weighted by molar-refractivity contribution is 8.15. The smallest absolute Gasteiger partial charge is 0.416 e. The van der Waals surface area contributed by atoms with Crippen LogP contribution in [0.3, 0.4) is 0 Å². The third kappa shape index (κ3) is 4.61. The van der Waals surface area contributed by atoms with Gasteiger partial charge in [0.2, 0.25) is 0 Å². The number of aliphatic hydroxyl groups is 1. The molecule has 0 fully saturated rings. The summed E-state index contributed by atoms with van der Waals surface area (Å²) in [6.45, 7) is 0. The average molecular weight is 425 g/mol. The second-order valence-electron chi connectivity index (χ2n) is 6.13. The first-order valence-electron chi connectivity index (χ1n) is 8.38. The summed E-state index contributed by atoms with van der Waals surface area (Å²) in [4.78, 5) is 16.2. The minimum Gasteiger partial charge on any atom is -0.510 e. The minimum atomic E-state index is -4.44. The molecule has 0 radical (unpaired) electrons. The lowest BCUT2D eigenvalue weighted by Crippen LogP contribution is -2.12. The molecule has 2 aromatic carbocycles. The van der Waals surface area contributed by atoms with Crippen molar-refractivity contribution in [3.05, 3.63) is 76.8 Å². The molecule has 3 rings (SSSR count). The van der Waals surface area contributed by atoms with E-state index in [9.17, 15) is 27.5 Å². The summed E-state index contributed by atoms with van der Waals surface area (Å²) in [5.74, 6) is -1.74. The summed E-state index contributed by atoms with van der Waals surface area (Å²) >= 11 is 1.01. The van der Waals surface area contributed by atoms with Crippen LogP contribution in [0.4, 0.5) is 23.2 Å². The third-order valence-electron chi connectivity index (χ3n) is 4.20. The van der Waals surface area contributed by atoms with Crippen molar-refractivity contribution in [3.8, 4) is 0 Å². The van der Waals surface area contributed by atoms with Gasteiger partial charge in [-0.1, -0.05) is 36.0 Å². The number of methoxy groups -OCH3 is 1. The van der Waals surface area contributed by atoms with Crippen LogP contribution in [0.25, 0.3) is 0 Å². The summed E-state index contributed by atoms with van der Waals surface area (Å²) in [6, 6.07) is 10.2. The van der Waals surface area contributed by atoms with Gasteiger partial charge in [-0.2, -0.15) is 13.2 Å². The largest absolute Gasteiger partial charge is 0.510 e. The third-order valence-corrected chi connectivity index (χ3v) is 5.39. The SMILES string of the molecule is COC(=O)C1=C(O)C(Cc2ccc(C(F)(F)F)cc2)SC1=Nc1ccccc1F. The van der Waals surface area contributed by atoms with E-state index in [1.54, 1.807) is 6.07 Å². The zero-order valence-electron chi connectivity index (χ0n) is 15.0. The number of benzene rings is 2. The maximum Gasteiger partial charge on any atom is 0.416 e. The van der Waals surface area contributed by atoms with Crippen molar-refractivity contribution in [1.29, 1.82) is 0 Å². The molecular formula is C20H15F4NO3S. The predicted octanol–water partition coefficient (Wildman–Crippen LogP) is 5.22. The van der Waals surface area contributed by atoms with Gasteiger partial charge in [0.15, 0.2) is 0 Å². The monoisotopic (exact) mass is 425 g/mol. The first kappa shape index (κ1) is 20.9. The molecular weight excluding hydrogens is 410 g/mol. The number of ether oxygens (including phenoxy) is 1. The van der Waals surface area contributed by atoms with Gasteiger partial charge < -0.3 is 9.84 Å². The highest BCUT2D eigenvalue weighted by Gasteiger charge is 2.37. The summed E-state index contributed by atoms with van der Waals surface area (Å²) in [5.41, 5.74) is -0.451. The summed E-state index contributed by atoms with van der Waals surface area (Å²) in [6.07, 6.45) is -4.30. The van der Waals surface area contributed by atoms with Gasteiger partial charge in [0.1, 0.15) is 27.9 Å². The second kappa shape index (κ2) is 8.28. The Balaban J connectivity index is 1.90. The van der Waals surface area contributed by atoms with E-state index < -0.39 is 28.8 Å². The molecule has 1 N–H and O–H groups in total. The van der Waals surface area contributed by atoms with Crippen LogP contribution in [0.1, 0.15) is 11.1 Å². The number of aliphatic imine (C=N–C) groups is 1. The highest BCUT2D eigenvalue weighted by Crippen LogP contribution is 2.38. The van der Waals surface area contributed by atoms with E-state index in [-0.39, 0.29) is 28.5 Å². The Bertz CT molecular complexity index is 984. The van der Waals surface area contributed by atoms with Crippen LogP contribution in [0.5, 0.6) is 0 Å². The van der Waals surface area contributed by atoms with Gasteiger partial charge in [-0.05, 0) is 36.2 Å². The number of carbonyl (C=O) groups is 1. The van der Waals surface area contributed by atoms with Gasteiger partial charge in [-0.15, -0.1) is 0 Å². The highest BCUT2D eigenvalue weighted by atomic mass is 32.2. The molecule has 1 aliphatic heterocycles. The standard InChI is InChI=1S/C20H15F4NO3S/c1-28-19(27)16-17(26)15(10-11-6-8-12(9-7-11)20(22,23)24)29-18(16)25-14-5-3-2-4-13(14)21/h2-9,15,26H,10H2,1H3. The number of thioether (sulfide) groups is 1. The fourth-order valence-electron chi connectivity index (χ4n) is 2.73. The Morgan fingerprint density at radius 1 is 1.17 bits per heavy atom. The van der Waals surface area contributed by atoms with Crippen LogP contribution in [-0.4, -0.2) is 28.5 Å². The molecule has 2 aromatic rings. The van der Waals surface area contributed by atoms with E-state index in [0.29, 0.717) is 5.56 Å². The fraction of sp³-hybridized carbons (Fsp3) is 0.200. The first-order chi connectivity index (χ1) is 13.7. The summed E-state index contributed by atoms with van der Waals surface area (Å²) < 4.78 is 56.7. The number of para-hydroxylation sites is 1. The average Bonchev–Trinajstić information content (AvgIpc) is 2.98. The lowest BCUT2D eigenvalue weighted by Gasteiger charge is -2.11. The molecule has 152 valence electrons. The van der Waals surface area contributed by atoms with E-state index in [2.05, 4.69) is 9.73 Å². The van der Waals surface area contributed by atoms with Crippen LogP contribution >= 0.6 is 11.8 Å². The summed E-state index contributed by atoms with van der Waals surface area (Å²) in [7, 11) is 1.14. The molecule has 1 atom stereocenters. The van der Waals surface area contributed by atoms with E-state index in [1.165, 1.54) is 30.3 Å². The molecule has 0 saturated carbocycles. The summed E-state index contributed by atoms with van der Waals surface area (Å²) in [5, 5.41) is 9.92. The lowest BCUT2D eigenvalue weighted by atomic mass is 10.0. The molecule has 9 heteroatoms. The lowest BCUT2D eigenvalue weighted by molar-refractivity contribution is -0.137. The topological polar surface area (TPSA) is 58.9 Å². The Morgan fingerprint density at radius 3 is 2.41 bits per heavy atom. The predicted molar refractivity (Wildman–Crippen MR) is 102 cm³/mol. The minimum absolute atomic E-state index is 0.0145. The molecule has 1 heterocycles. The molecule has 0 aromatic heterocycles. The normalized spacial score (nSPS) is 18.4. The zero-order valence-corrected chi connectivity index (χ0v) is 15.9. The zero-order chi connectivity index (χ0) is 21.2. The quantitative estimate of drug-likeness (QED) is 0.539. The van der Waals surface area contributed by atoms with Crippen molar-refractivity contribution >= 4 is 28.5 Å². The van der Waals surface area contributed by atoms with Crippen molar-refractivity contribution in [2.45, 2.75) is 17.8 Å². The number of hydrogen-bond donors (Lipinski definition) is 1. The number of hydrogen-bond acceptors (Lipinski definition) is 5.